The van der Waals surface area contributed by atoms with E-state index in [1.165, 1.54) is 30.6 Å². The molecule has 2 aromatic heterocycles. The number of carbonyl (C=O) groups is 2. The van der Waals surface area contributed by atoms with E-state index in [4.69, 9.17) is 26.6 Å². The predicted molar refractivity (Wildman–Crippen MR) is 93.9 cm³/mol. The molecule has 7 nitrogen and oxygen atoms in total. The summed E-state index contributed by atoms with van der Waals surface area (Å²) in [6, 6.07) is 14.7. The number of hydrogen-bond donors (Lipinski definition) is 2. The fraction of sp³-hybridized carbons (Fsp3) is 0. The Labute approximate surface area is 153 Å². The highest BCUT2D eigenvalue weighted by Crippen LogP contribution is 2.28. The lowest BCUT2D eigenvalue weighted by molar-refractivity contribution is 0.0680. The lowest BCUT2D eigenvalue weighted by Crippen LogP contribution is -1.99. The highest BCUT2D eigenvalue weighted by Gasteiger charge is 2.06. The first kappa shape index (κ1) is 18.9. The molecule has 0 aliphatic heterocycles. The quantitative estimate of drug-likeness (QED) is 0.712. The topological polar surface area (TPSA) is 110 Å². The van der Waals surface area contributed by atoms with Crippen LogP contribution in [0.2, 0.25) is 5.02 Å². The lowest BCUT2D eigenvalue weighted by atomic mass is 10.3. The molecule has 0 aliphatic carbocycles. The molecule has 0 aliphatic rings. The highest BCUT2D eigenvalue weighted by atomic mass is 35.5. The van der Waals surface area contributed by atoms with E-state index in [0.29, 0.717) is 16.5 Å². The molecule has 26 heavy (non-hydrogen) atoms. The average molecular weight is 373 g/mol. The predicted octanol–water partition coefficient (Wildman–Crippen LogP) is 4.01. The number of aromatic carboxylic acids is 2. The average Bonchev–Trinajstić information content (AvgIpc) is 2.65. The lowest BCUT2D eigenvalue weighted by Gasteiger charge is -2.06. The number of halogens is 1. The molecule has 132 valence electrons. The number of para-hydroxylation sites is 1. The van der Waals surface area contributed by atoms with Gasteiger partial charge in [-0.15, -0.1) is 0 Å². The maximum Gasteiger partial charge on any atom is 0.354 e. The van der Waals surface area contributed by atoms with Crippen molar-refractivity contribution in [2.24, 2.45) is 0 Å². The van der Waals surface area contributed by atoms with Gasteiger partial charge in [-0.1, -0.05) is 29.8 Å². The first-order valence-corrected chi connectivity index (χ1v) is 7.61. The van der Waals surface area contributed by atoms with Crippen molar-refractivity contribution in [1.29, 1.82) is 0 Å². The summed E-state index contributed by atoms with van der Waals surface area (Å²) in [4.78, 5) is 28.1. The largest absolute Gasteiger partial charge is 0.477 e. The number of aromatic nitrogens is 2. The number of hydrogen-bond acceptors (Lipinski definition) is 5. The zero-order chi connectivity index (χ0) is 18.9. The van der Waals surface area contributed by atoms with Crippen molar-refractivity contribution in [1.82, 2.24) is 9.97 Å². The van der Waals surface area contributed by atoms with Crippen molar-refractivity contribution in [3.05, 3.63) is 83.4 Å². The molecule has 8 heteroatoms. The van der Waals surface area contributed by atoms with Crippen LogP contribution in [0.5, 0.6) is 11.5 Å². The van der Waals surface area contributed by atoms with Gasteiger partial charge in [-0.3, -0.25) is 0 Å². The van der Waals surface area contributed by atoms with E-state index in [1.807, 2.05) is 0 Å². The van der Waals surface area contributed by atoms with E-state index in [0.717, 1.165) is 0 Å². The third kappa shape index (κ3) is 5.57. The van der Waals surface area contributed by atoms with E-state index in [9.17, 15) is 9.59 Å². The van der Waals surface area contributed by atoms with Gasteiger partial charge in [-0.25, -0.2) is 19.6 Å². The number of rotatable bonds is 4. The molecule has 0 unspecified atom stereocenters. The summed E-state index contributed by atoms with van der Waals surface area (Å²) in [6.07, 6.45) is 2.79. The second kappa shape index (κ2) is 9.14. The minimum absolute atomic E-state index is 0.0310. The van der Waals surface area contributed by atoms with E-state index < -0.39 is 11.9 Å². The van der Waals surface area contributed by atoms with Crippen LogP contribution in [-0.2, 0) is 0 Å². The molecule has 0 saturated heterocycles. The molecule has 0 saturated carbocycles. The maximum absolute atomic E-state index is 10.6. The van der Waals surface area contributed by atoms with Crippen LogP contribution in [0.15, 0.2) is 67.0 Å². The fourth-order valence-corrected chi connectivity index (χ4v) is 1.89. The maximum atomic E-state index is 10.6. The number of pyridine rings is 2. The Morgan fingerprint density at radius 1 is 0.846 bits per heavy atom. The zero-order valence-electron chi connectivity index (χ0n) is 13.2. The van der Waals surface area contributed by atoms with Gasteiger partial charge in [-0.2, -0.15) is 0 Å². The van der Waals surface area contributed by atoms with Crippen molar-refractivity contribution >= 4 is 23.5 Å². The van der Waals surface area contributed by atoms with Gasteiger partial charge in [0.25, 0.3) is 0 Å². The van der Waals surface area contributed by atoms with Gasteiger partial charge in [-0.05, 0) is 36.4 Å². The minimum Gasteiger partial charge on any atom is -0.477 e. The van der Waals surface area contributed by atoms with Gasteiger partial charge in [0, 0.05) is 6.20 Å². The molecule has 0 radical (unpaired) electrons. The number of carboxylic acids is 2. The Hall–Kier alpha value is -3.45. The molecule has 0 amide bonds. The van der Waals surface area contributed by atoms with Gasteiger partial charge in [0.2, 0.25) is 0 Å². The summed E-state index contributed by atoms with van der Waals surface area (Å²) >= 11 is 5.92. The summed E-state index contributed by atoms with van der Waals surface area (Å²) in [7, 11) is 0. The third-order valence-electron chi connectivity index (χ3n) is 2.90. The van der Waals surface area contributed by atoms with Gasteiger partial charge in [0.15, 0.2) is 0 Å². The standard InChI is InChI=1S/C12H8ClNO3.C6H5NO2/c13-9-3-1-2-4-11(9)17-8-5-6-10(12(15)16)14-7-8;8-6(9)5-3-1-2-4-7-5/h1-7H,(H,15,16);1-4H,(H,8,9). The van der Waals surface area contributed by atoms with Crippen LogP contribution < -0.4 is 4.74 Å². The molecule has 2 heterocycles. The van der Waals surface area contributed by atoms with Crippen LogP contribution in [0, 0.1) is 0 Å². The summed E-state index contributed by atoms with van der Waals surface area (Å²) in [6.45, 7) is 0. The van der Waals surface area contributed by atoms with Crippen molar-refractivity contribution in [3.63, 3.8) is 0 Å². The van der Waals surface area contributed by atoms with Gasteiger partial charge in [0.1, 0.15) is 22.9 Å². The number of ether oxygens (including phenoxy) is 1. The first-order chi connectivity index (χ1) is 12.5. The van der Waals surface area contributed by atoms with Gasteiger partial charge >= 0.3 is 11.9 Å². The molecule has 1 aromatic carbocycles. The van der Waals surface area contributed by atoms with Gasteiger partial charge in [0.05, 0.1) is 11.2 Å². The summed E-state index contributed by atoms with van der Waals surface area (Å²) in [5.41, 5.74) is 0.0500. The Balaban J connectivity index is 0.000000228. The fourth-order valence-electron chi connectivity index (χ4n) is 1.71. The molecular formula is C18H13ClN2O5. The van der Waals surface area contributed by atoms with Crippen molar-refractivity contribution in [2.75, 3.05) is 0 Å². The first-order valence-electron chi connectivity index (χ1n) is 7.23. The molecule has 0 spiro atoms. The molecule has 3 rings (SSSR count). The summed E-state index contributed by atoms with van der Waals surface area (Å²) in [5, 5.41) is 17.5. The monoisotopic (exact) mass is 372 g/mol. The summed E-state index contributed by atoms with van der Waals surface area (Å²) < 4.78 is 5.46. The van der Waals surface area contributed by atoms with Crippen molar-refractivity contribution < 1.29 is 24.5 Å². The van der Waals surface area contributed by atoms with E-state index >= 15 is 0 Å². The van der Waals surface area contributed by atoms with Crippen LogP contribution in [-0.4, -0.2) is 32.1 Å². The molecule has 2 N–H and O–H groups in total. The third-order valence-corrected chi connectivity index (χ3v) is 3.22. The van der Waals surface area contributed by atoms with E-state index in [2.05, 4.69) is 9.97 Å². The number of benzene rings is 1. The number of carboxylic acid groups (broad SMARTS) is 2. The zero-order valence-corrected chi connectivity index (χ0v) is 14.0. The van der Waals surface area contributed by atoms with E-state index in [1.54, 1.807) is 36.4 Å². The van der Waals surface area contributed by atoms with Crippen LogP contribution in [0.3, 0.4) is 0 Å². The van der Waals surface area contributed by atoms with Crippen molar-refractivity contribution in [3.8, 4) is 11.5 Å². The highest BCUT2D eigenvalue weighted by molar-refractivity contribution is 6.32. The Bertz CT molecular complexity index is 886. The van der Waals surface area contributed by atoms with Crippen LogP contribution in [0.4, 0.5) is 0 Å². The minimum atomic E-state index is -1.07. The molecule has 0 fully saturated rings. The Kier molecular flexibility index (Phi) is 6.64. The van der Waals surface area contributed by atoms with Crippen molar-refractivity contribution in [2.45, 2.75) is 0 Å². The SMILES string of the molecule is O=C(O)c1ccc(Oc2ccccc2Cl)cn1.O=C(O)c1ccccn1. The normalized spacial score (nSPS) is 9.58. The van der Waals surface area contributed by atoms with Crippen LogP contribution in [0.25, 0.3) is 0 Å². The Morgan fingerprint density at radius 2 is 1.50 bits per heavy atom. The Morgan fingerprint density at radius 3 is 2.00 bits per heavy atom. The summed E-state index contributed by atoms with van der Waals surface area (Å²) in [5.74, 6) is -1.13. The second-order valence-electron chi connectivity index (χ2n) is 4.74. The molecule has 3 aromatic rings. The molecular weight excluding hydrogens is 360 g/mol. The van der Waals surface area contributed by atoms with Crippen LogP contribution in [0.1, 0.15) is 21.0 Å². The smallest absolute Gasteiger partial charge is 0.354 e. The molecule has 0 atom stereocenters. The number of nitrogens with zero attached hydrogens (tertiary/aromatic N) is 2. The second-order valence-corrected chi connectivity index (χ2v) is 5.14. The van der Waals surface area contributed by atoms with Gasteiger partial charge < -0.3 is 14.9 Å². The van der Waals surface area contributed by atoms with E-state index in [-0.39, 0.29) is 11.4 Å². The molecule has 0 bridgehead atoms. The van der Waals surface area contributed by atoms with Crippen LogP contribution >= 0.6 is 11.6 Å².